The molecule has 0 bridgehead atoms. The summed E-state index contributed by atoms with van der Waals surface area (Å²) in [6, 6.07) is 0. The maximum atomic E-state index is 9.97. The number of carbonyl (C=O) groups is 1. The van der Waals surface area contributed by atoms with Crippen molar-refractivity contribution in [2.24, 2.45) is 0 Å². The zero-order chi connectivity index (χ0) is 11.9. The molecular formula is C15H26O. The minimum Gasteiger partial charge on any atom is -0.299 e. The van der Waals surface area contributed by atoms with Gasteiger partial charge in [0.1, 0.15) is 6.29 Å². The normalized spacial score (nSPS) is 11.6. The van der Waals surface area contributed by atoms with Gasteiger partial charge in [-0.3, -0.25) is 4.79 Å². The quantitative estimate of drug-likeness (QED) is 0.212. The SMILES string of the molecule is CCCCCCCCCCC=CC=CC=O. The number of rotatable bonds is 11. The Hall–Kier alpha value is -0.850. The molecule has 0 fully saturated rings. The molecule has 0 aromatic carbocycles. The summed E-state index contributed by atoms with van der Waals surface area (Å²) < 4.78 is 0. The number of carbonyl (C=O) groups excluding carboxylic acids is 1. The van der Waals surface area contributed by atoms with Crippen LogP contribution >= 0.6 is 0 Å². The van der Waals surface area contributed by atoms with Gasteiger partial charge in [-0.15, -0.1) is 0 Å². The van der Waals surface area contributed by atoms with Gasteiger partial charge in [0.25, 0.3) is 0 Å². The van der Waals surface area contributed by atoms with Crippen molar-refractivity contribution in [3.8, 4) is 0 Å². The van der Waals surface area contributed by atoms with E-state index in [0.717, 1.165) is 12.7 Å². The van der Waals surface area contributed by atoms with Gasteiger partial charge in [0.15, 0.2) is 0 Å². The van der Waals surface area contributed by atoms with Gasteiger partial charge >= 0.3 is 0 Å². The molecule has 0 aliphatic heterocycles. The first-order valence-corrected chi connectivity index (χ1v) is 6.68. The highest BCUT2D eigenvalue weighted by Crippen LogP contribution is 2.09. The third kappa shape index (κ3) is 13.2. The zero-order valence-corrected chi connectivity index (χ0v) is 10.7. The molecule has 0 aromatic heterocycles. The van der Waals surface area contributed by atoms with E-state index < -0.39 is 0 Å². The predicted molar refractivity (Wildman–Crippen MR) is 71.6 cm³/mol. The fraction of sp³-hybridized carbons (Fsp3) is 0.667. The fourth-order valence-corrected chi connectivity index (χ4v) is 1.68. The minimum atomic E-state index is 0.806. The third-order valence-electron chi connectivity index (χ3n) is 2.66. The van der Waals surface area contributed by atoms with Crippen LogP contribution in [0.3, 0.4) is 0 Å². The van der Waals surface area contributed by atoms with Crippen molar-refractivity contribution < 1.29 is 4.79 Å². The topological polar surface area (TPSA) is 17.1 Å². The second-order valence-electron chi connectivity index (χ2n) is 4.21. The molecule has 0 aromatic rings. The van der Waals surface area contributed by atoms with E-state index in [2.05, 4.69) is 13.0 Å². The zero-order valence-electron chi connectivity index (χ0n) is 10.7. The van der Waals surface area contributed by atoms with E-state index in [9.17, 15) is 4.79 Å². The van der Waals surface area contributed by atoms with E-state index in [4.69, 9.17) is 0 Å². The fourth-order valence-electron chi connectivity index (χ4n) is 1.68. The van der Waals surface area contributed by atoms with Crippen LogP contribution in [0.2, 0.25) is 0 Å². The van der Waals surface area contributed by atoms with Crippen LogP contribution in [-0.2, 0) is 4.79 Å². The number of allylic oxidation sites excluding steroid dienone is 4. The Labute approximate surface area is 101 Å². The van der Waals surface area contributed by atoms with Crippen LogP contribution in [0.1, 0.15) is 64.7 Å². The van der Waals surface area contributed by atoms with E-state index in [0.29, 0.717) is 0 Å². The number of hydrogen-bond donors (Lipinski definition) is 0. The van der Waals surface area contributed by atoms with Crippen LogP contribution in [0.4, 0.5) is 0 Å². The monoisotopic (exact) mass is 222 g/mol. The first kappa shape index (κ1) is 15.2. The Morgan fingerprint density at radius 3 is 2.00 bits per heavy atom. The number of hydrogen-bond acceptors (Lipinski definition) is 1. The van der Waals surface area contributed by atoms with Crippen molar-refractivity contribution in [1.29, 1.82) is 0 Å². The Morgan fingerprint density at radius 2 is 1.38 bits per heavy atom. The lowest BCUT2D eigenvalue weighted by Crippen LogP contribution is -1.79. The van der Waals surface area contributed by atoms with Crippen molar-refractivity contribution in [3.63, 3.8) is 0 Å². The predicted octanol–water partition coefficient (Wildman–Crippen LogP) is 4.83. The van der Waals surface area contributed by atoms with Gasteiger partial charge in [-0.1, -0.05) is 70.1 Å². The summed E-state index contributed by atoms with van der Waals surface area (Å²) in [5.41, 5.74) is 0. The molecule has 0 saturated heterocycles. The number of unbranched alkanes of at least 4 members (excludes halogenated alkanes) is 8. The van der Waals surface area contributed by atoms with E-state index >= 15 is 0 Å². The van der Waals surface area contributed by atoms with Gasteiger partial charge in [0.05, 0.1) is 0 Å². The van der Waals surface area contributed by atoms with Crippen LogP contribution in [0.5, 0.6) is 0 Å². The van der Waals surface area contributed by atoms with Crippen molar-refractivity contribution in [2.75, 3.05) is 0 Å². The molecule has 92 valence electrons. The molecule has 0 radical (unpaired) electrons. The standard InChI is InChI=1S/C15H26O/c1-2-3-4-5-6-7-8-9-10-11-12-13-14-15-16/h11-15H,2-10H2,1H3. The molecule has 1 heteroatoms. The van der Waals surface area contributed by atoms with Gasteiger partial charge in [-0.25, -0.2) is 0 Å². The Balaban J connectivity index is 3.06. The van der Waals surface area contributed by atoms with Crippen LogP contribution in [0.15, 0.2) is 24.3 Å². The summed E-state index contributed by atoms with van der Waals surface area (Å²) in [6.07, 6.45) is 20.3. The molecule has 0 saturated carbocycles. The first-order valence-electron chi connectivity index (χ1n) is 6.68. The van der Waals surface area contributed by atoms with Crippen molar-refractivity contribution in [3.05, 3.63) is 24.3 Å². The average Bonchev–Trinajstić information content (AvgIpc) is 2.31. The lowest BCUT2D eigenvalue weighted by Gasteiger charge is -1.99. The summed E-state index contributed by atoms with van der Waals surface area (Å²) in [6.45, 7) is 2.26. The average molecular weight is 222 g/mol. The summed E-state index contributed by atoms with van der Waals surface area (Å²) >= 11 is 0. The second-order valence-corrected chi connectivity index (χ2v) is 4.21. The molecular weight excluding hydrogens is 196 g/mol. The summed E-state index contributed by atoms with van der Waals surface area (Å²) in [5, 5.41) is 0. The highest BCUT2D eigenvalue weighted by Gasteiger charge is 1.89. The summed E-state index contributed by atoms with van der Waals surface area (Å²) in [5.74, 6) is 0. The van der Waals surface area contributed by atoms with E-state index in [1.165, 1.54) is 57.4 Å². The maximum Gasteiger partial charge on any atom is 0.142 e. The van der Waals surface area contributed by atoms with Crippen molar-refractivity contribution >= 4 is 6.29 Å². The molecule has 0 rings (SSSR count). The largest absolute Gasteiger partial charge is 0.299 e. The van der Waals surface area contributed by atoms with Crippen LogP contribution < -0.4 is 0 Å². The second kappa shape index (κ2) is 14.2. The highest BCUT2D eigenvalue weighted by molar-refractivity contribution is 5.65. The first-order chi connectivity index (χ1) is 7.91. The molecule has 0 N–H and O–H groups in total. The number of aldehydes is 1. The lowest BCUT2D eigenvalue weighted by molar-refractivity contribution is -0.104. The highest BCUT2D eigenvalue weighted by atomic mass is 16.1. The molecule has 0 heterocycles. The smallest absolute Gasteiger partial charge is 0.142 e. The van der Waals surface area contributed by atoms with Gasteiger partial charge in [0, 0.05) is 0 Å². The molecule has 0 aliphatic carbocycles. The van der Waals surface area contributed by atoms with Crippen molar-refractivity contribution in [2.45, 2.75) is 64.7 Å². The molecule has 0 unspecified atom stereocenters. The minimum absolute atomic E-state index is 0.806. The molecule has 16 heavy (non-hydrogen) atoms. The van der Waals surface area contributed by atoms with Crippen LogP contribution in [0.25, 0.3) is 0 Å². The molecule has 1 nitrogen and oxygen atoms in total. The van der Waals surface area contributed by atoms with Crippen LogP contribution in [0, 0.1) is 0 Å². The molecule has 0 aliphatic rings. The van der Waals surface area contributed by atoms with Crippen molar-refractivity contribution in [1.82, 2.24) is 0 Å². The molecule has 0 spiro atoms. The summed E-state index contributed by atoms with van der Waals surface area (Å²) in [4.78, 5) is 9.97. The Kier molecular flexibility index (Phi) is 13.4. The van der Waals surface area contributed by atoms with Gasteiger partial charge in [-0.2, -0.15) is 0 Å². The van der Waals surface area contributed by atoms with E-state index in [1.807, 2.05) is 6.08 Å². The maximum absolute atomic E-state index is 9.97. The third-order valence-corrected chi connectivity index (χ3v) is 2.66. The molecule has 0 atom stereocenters. The Bertz CT molecular complexity index is 192. The lowest BCUT2D eigenvalue weighted by atomic mass is 10.1. The molecule has 0 amide bonds. The summed E-state index contributed by atoms with van der Waals surface area (Å²) in [7, 11) is 0. The van der Waals surface area contributed by atoms with Gasteiger partial charge in [0.2, 0.25) is 0 Å². The van der Waals surface area contributed by atoms with Gasteiger partial charge in [-0.05, 0) is 18.9 Å². The van der Waals surface area contributed by atoms with E-state index in [-0.39, 0.29) is 0 Å². The van der Waals surface area contributed by atoms with E-state index in [1.54, 1.807) is 6.08 Å². The Morgan fingerprint density at radius 1 is 0.750 bits per heavy atom. The van der Waals surface area contributed by atoms with Crippen LogP contribution in [-0.4, -0.2) is 6.29 Å². The van der Waals surface area contributed by atoms with Gasteiger partial charge < -0.3 is 0 Å².